The number of H-pyrrole nitrogens is 1. The molecule has 12 nitrogen and oxygen atoms in total. The Morgan fingerprint density at radius 1 is 0.893 bits per heavy atom. The number of aromatic nitrogens is 2. The molecule has 1 aliphatic rings. The first-order chi connectivity index (χ1) is 26.1. The molecule has 5 rings (SSSR count). The average Bonchev–Trinajstić information content (AvgIpc) is 3.48. The zero-order chi connectivity index (χ0) is 41.3. The molecule has 0 amide bonds. The van der Waals surface area contributed by atoms with E-state index in [1.54, 1.807) is 27.2 Å². The minimum atomic E-state index is -3.67. The van der Waals surface area contributed by atoms with Crippen molar-refractivity contribution in [2.75, 3.05) is 26.6 Å². The van der Waals surface area contributed by atoms with Gasteiger partial charge in [-0.25, -0.2) is 13.2 Å². The number of benzene rings is 3. The Morgan fingerprint density at radius 2 is 1.46 bits per heavy atom. The number of rotatable bonds is 15. The molecule has 2 heterocycles. The number of aliphatic hydroxyl groups is 1. The van der Waals surface area contributed by atoms with Crippen molar-refractivity contribution in [3.63, 3.8) is 0 Å². The lowest BCUT2D eigenvalue weighted by molar-refractivity contribution is -0.0944. The van der Waals surface area contributed by atoms with Crippen LogP contribution in [-0.2, 0) is 35.1 Å². The highest BCUT2D eigenvalue weighted by atomic mass is 32.2. The summed E-state index contributed by atoms with van der Waals surface area (Å²) in [6, 6.07) is 22.1. The molecule has 1 aromatic heterocycles. The Morgan fingerprint density at radius 3 is 2.00 bits per heavy atom. The van der Waals surface area contributed by atoms with E-state index in [1.165, 1.54) is 10.8 Å². The van der Waals surface area contributed by atoms with E-state index in [4.69, 9.17) is 23.4 Å². The largest absolute Gasteiger partial charge is 0.497 e. The summed E-state index contributed by atoms with van der Waals surface area (Å²) in [6.45, 7) is 15.7. The third-order valence-corrected chi connectivity index (χ3v) is 17.3. The van der Waals surface area contributed by atoms with Gasteiger partial charge in [0.05, 0.1) is 44.0 Å². The van der Waals surface area contributed by atoms with E-state index in [-0.39, 0.29) is 29.6 Å². The van der Waals surface area contributed by atoms with Gasteiger partial charge in [0.1, 0.15) is 29.4 Å². The zero-order valence-electron chi connectivity index (χ0n) is 34.0. The van der Waals surface area contributed by atoms with Gasteiger partial charge in [0.25, 0.3) is 5.56 Å². The Balaban J connectivity index is 1.56. The van der Waals surface area contributed by atoms with Crippen LogP contribution >= 0.6 is 0 Å². The Kier molecular flexibility index (Phi) is 12.6. The summed E-state index contributed by atoms with van der Waals surface area (Å²) in [5.74, 6) is 0.856. The molecular formula is C42H56N2O10SSi. The number of methoxy groups -OCH3 is 2. The van der Waals surface area contributed by atoms with Crippen LogP contribution in [0.25, 0.3) is 0 Å². The van der Waals surface area contributed by atoms with Crippen molar-refractivity contribution in [2.24, 2.45) is 0 Å². The molecule has 0 radical (unpaired) electrons. The lowest BCUT2D eigenvalue weighted by Crippen LogP contribution is -2.50. The first-order valence-electron chi connectivity index (χ1n) is 18.7. The molecular weight excluding hydrogens is 753 g/mol. The Labute approximate surface area is 330 Å². The maximum atomic E-state index is 13.9. The summed E-state index contributed by atoms with van der Waals surface area (Å²) in [7, 11) is -2.79. The molecule has 0 spiro atoms. The van der Waals surface area contributed by atoms with Gasteiger partial charge in [0, 0.05) is 18.2 Å². The van der Waals surface area contributed by atoms with E-state index in [2.05, 4.69) is 38.8 Å². The minimum Gasteiger partial charge on any atom is -0.497 e. The van der Waals surface area contributed by atoms with Gasteiger partial charge >= 0.3 is 5.69 Å². The van der Waals surface area contributed by atoms with Crippen molar-refractivity contribution in [1.82, 2.24) is 9.55 Å². The van der Waals surface area contributed by atoms with Crippen LogP contribution in [0.4, 0.5) is 0 Å². The van der Waals surface area contributed by atoms with Crippen LogP contribution in [0, 0.1) is 6.92 Å². The molecule has 1 fully saturated rings. The number of aliphatic hydroxyl groups excluding tert-OH is 1. The highest BCUT2D eigenvalue weighted by molar-refractivity contribution is 7.90. The second-order valence-electron chi connectivity index (χ2n) is 16.7. The van der Waals surface area contributed by atoms with Crippen LogP contribution in [0.3, 0.4) is 0 Å². The highest BCUT2D eigenvalue weighted by Gasteiger charge is 2.44. The van der Waals surface area contributed by atoms with E-state index >= 15 is 0 Å². The maximum absolute atomic E-state index is 13.9. The average molecular weight is 809 g/mol. The van der Waals surface area contributed by atoms with Crippen LogP contribution in [0.1, 0.15) is 75.1 Å². The fourth-order valence-electron chi connectivity index (χ4n) is 7.03. The summed E-state index contributed by atoms with van der Waals surface area (Å²) in [5, 5.41) is 11.2. The van der Waals surface area contributed by atoms with Crippen LogP contribution in [-0.4, -0.2) is 75.8 Å². The van der Waals surface area contributed by atoms with E-state index in [1.807, 2.05) is 80.6 Å². The van der Waals surface area contributed by atoms with Gasteiger partial charge in [-0.2, -0.15) is 0 Å². The van der Waals surface area contributed by atoms with Gasteiger partial charge in [-0.3, -0.25) is 14.3 Å². The normalized spacial score (nSPS) is 18.2. The summed E-state index contributed by atoms with van der Waals surface area (Å²) in [5.41, 5.74) is -0.493. The number of aryl methyl sites for hydroxylation is 1. The van der Waals surface area contributed by atoms with Gasteiger partial charge in [-0.15, -0.1) is 0 Å². The Hall–Kier alpha value is -4.05. The highest BCUT2D eigenvalue weighted by Crippen LogP contribution is 2.44. The second-order valence-corrected chi connectivity index (χ2v) is 23.5. The van der Waals surface area contributed by atoms with Crippen molar-refractivity contribution < 1.29 is 36.9 Å². The molecule has 3 aromatic carbocycles. The SMILES string of the molecule is COc1ccc(C(OC[C@H]2O[C@@H](n3cc(C)c(=O)[nH]c3=O)C[C@@H]2O)(c2ccc(OC)cc2)c2cccc(CS(=O)(=O)CC(C)(C)O[Si](C)(C)C(C)(C)C)c2)cc1. The third-order valence-electron chi connectivity index (χ3n) is 10.7. The predicted molar refractivity (Wildman–Crippen MR) is 219 cm³/mol. The molecule has 14 heteroatoms. The van der Waals surface area contributed by atoms with Crippen molar-refractivity contribution >= 4 is 18.2 Å². The van der Waals surface area contributed by atoms with Gasteiger partial charge < -0.3 is 28.5 Å². The van der Waals surface area contributed by atoms with Crippen LogP contribution in [0.2, 0.25) is 18.1 Å². The van der Waals surface area contributed by atoms with E-state index < -0.39 is 59.0 Å². The number of hydrogen-bond donors (Lipinski definition) is 2. The molecule has 0 aliphatic carbocycles. The quantitative estimate of drug-likeness (QED) is 0.104. The summed E-state index contributed by atoms with van der Waals surface area (Å²) in [6.07, 6.45) is -1.24. The number of aromatic amines is 1. The monoisotopic (exact) mass is 808 g/mol. The smallest absolute Gasteiger partial charge is 0.330 e. The topological polar surface area (TPSA) is 155 Å². The standard InChI is InChI=1S/C42H56N2O10SSi/c1-28-24-44(39(47)43-38(28)46)37-23-35(45)36(53-37)25-52-42(30-14-18-33(50-7)19-15-30,31-16-20-34(51-8)21-17-31)32-13-11-12-29(22-32)26-55(48,49)27-41(5,6)54-56(9,10)40(2,3)4/h11-22,24,35-37,45H,23,25-27H2,1-10H3,(H,43,46,47)/t35-,36+,37+/m0/s1. The molecule has 2 N–H and O–H groups in total. The molecule has 0 bridgehead atoms. The molecule has 0 unspecified atom stereocenters. The predicted octanol–water partition coefficient (Wildman–Crippen LogP) is 6.23. The van der Waals surface area contributed by atoms with Gasteiger partial charge in [0.2, 0.25) is 0 Å². The van der Waals surface area contributed by atoms with Crippen LogP contribution in [0.15, 0.2) is 88.6 Å². The van der Waals surface area contributed by atoms with E-state index in [0.29, 0.717) is 39.3 Å². The molecule has 3 atom stereocenters. The van der Waals surface area contributed by atoms with Crippen molar-refractivity contribution in [3.8, 4) is 11.5 Å². The van der Waals surface area contributed by atoms with Crippen molar-refractivity contribution in [3.05, 3.63) is 128 Å². The van der Waals surface area contributed by atoms with Crippen molar-refractivity contribution in [1.29, 1.82) is 0 Å². The van der Waals surface area contributed by atoms with Gasteiger partial charge in [-0.1, -0.05) is 69.3 Å². The number of sulfone groups is 1. The Bertz CT molecular complexity index is 2160. The number of ether oxygens (including phenoxy) is 4. The van der Waals surface area contributed by atoms with Crippen LogP contribution < -0.4 is 20.7 Å². The molecule has 1 aliphatic heterocycles. The molecule has 56 heavy (non-hydrogen) atoms. The zero-order valence-corrected chi connectivity index (χ0v) is 35.9. The van der Waals surface area contributed by atoms with Gasteiger partial charge in [0.15, 0.2) is 18.2 Å². The number of hydrogen-bond acceptors (Lipinski definition) is 10. The van der Waals surface area contributed by atoms with Crippen molar-refractivity contribution in [2.45, 2.75) is 101 Å². The fraction of sp³-hybridized carbons (Fsp3) is 0.476. The fourth-order valence-corrected chi connectivity index (χ4v) is 10.8. The minimum absolute atomic E-state index is 0.0837. The molecule has 1 saturated heterocycles. The maximum Gasteiger partial charge on any atom is 0.330 e. The molecule has 4 aromatic rings. The van der Waals surface area contributed by atoms with E-state index in [9.17, 15) is 23.1 Å². The lowest BCUT2D eigenvalue weighted by atomic mass is 9.79. The first-order valence-corrected chi connectivity index (χ1v) is 23.4. The lowest BCUT2D eigenvalue weighted by Gasteiger charge is -2.42. The van der Waals surface area contributed by atoms with E-state index in [0.717, 1.165) is 0 Å². The molecule has 304 valence electrons. The van der Waals surface area contributed by atoms with Crippen LogP contribution in [0.5, 0.6) is 11.5 Å². The first kappa shape index (κ1) is 43.1. The second kappa shape index (κ2) is 16.4. The number of nitrogens with one attached hydrogen (secondary N) is 1. The molecule has 0 saturated carbocycles. The third kappa shape index (κ3) is 9.55. The van der Waals surface area contributed by atoms with Gasteiger partial charge in [-0.05, 0) is 85.4 Å². The summed E-state index contributed by atoms with van der Waals surface area (Å²) in [4.78, 5) is 27.1. The summed E-state index contributed by atoms with van der Waals surface area (Å²) >= 11 is 0. The summed E-state index contributed by atoms with van der Waals surface area (Å²) < 4.78 is 59.9. The number of nitrogens with zero attached hydrogens (tertiary/aromatic N) is 1.